The van der Waals surface area contributed by atoms with E-state index in [9.17, 15) is 4.79 Å². The van der Waals surface area contributed by atoms with Gasteiger partial charge in [0.05, 0.1) is 4.87 Å². The molecule has 0 aromatic rings. The van der Waals surface area contributed by atoms with E-state index in [0.29, 0.717) is 0 Å². The lowest BCUT2D eigenvalue weighted by molar-refractivity contribution is 0.146. The van der Waals surface area contributed by atoms with Gasteiger partial charge in [0.25, 0.3) is 0 Å². The Kier molecular flexibility index (Phi) is 3.88. The molecule has 0 aromatic carbocycles. The van der Waals surface area contributed by atoms with E-state index in [1.54, 1.807) is 4.90 Å². The van der Waals surface area contributed by atoms with Crippen molar-refractivity contribution in [3.05, 3.63) is 0 Å². The fourth-order valence-corrected chi connectivity index (χ4v) is 4.24. The van der Waals surface area contributed by atoms with Gasteiger partial charge in [-0.25, -0.2) is 4.79 Å². The first-order chi connectivity index (χ1) is 8.02. The van der Waals surface area contributed by atoms with E-state index in [0.717, 1.165) is 37.7 Å². The number of likely N-dealkylation sites (tertiary alicyclic amines) is 1. The van der Waals surface area contributed by atoms with Crippen molar-refractivity contribution < 1.29 is 4.79 Å². The molecular formula is C12H23N3OS. The zero-order chi connectivity index (χ0) is 12.5. The van der Waals surface area contributed by atoms with Crippen LogP contribution in [0.1, 0.15) is 26.2 Å². The van der Waals surface area contributed by atoms with Crippen molar-refractivity contribution in [3.8, 4) is 0 Å². The molecule has 0 aliphatic carbocycles. The lowest BCUT2D eigenvalue weighted by atomic mass is 10.0. The minimum Gasteiger partial charge on any atom is -0.331 e. The number of rotatable bonds is 0. The molecule has 2 heterocycles. The predicted molar refractivity (Wildman–Crippen MR) is 72.3 cm³/mol. The van der Waals surface area contributed by atoms with Crippen molar-refractivity contribution in [2.45, 2.75) is 36.3 Å². The van der Waals surface area contributed by atoms with Gasteiger partial charge in [-0.2, -0.15) is 0 Å². The van der Waals surface area contributed by atoms with Gasteiger partial charge in [0.15, 0.2) is 0 Å². The number of carbonyl (C=O) groups excluding carboxylic acids is 1. The van der Waals surface area contributed by atoms with Gasteiger partial charge in [-0.05, 0) is 25.8 Å². The zero-order valence-electron chi connectivity index (χ0n) is 11.0. The van der Waals surface area contributed by atoms with Crippen molar-refractivity contribution >= 4 is 17.8 Å². The van der Waals surface area contributed by atoms with Gasteiger partial charge in [-0.1, -0.05) is 6.92 Å². The fourth-order valence-electron chi connectivity index (χ4n) is 2.63. The van der Waals surface area contributed by atoms with Crippen molar-refractivity contribution in [3.63, 3.8) is 0 Å². The molecule has 5 heteroatoms. The summed E-state index contributed by atoms with van der Waals surface area (Å²) < 4.78 is 0. The highest BCUT2D eigenvalue weighted by Gasteiger charge is 2.39. The van der Waals surface area contributed by atoms with Crippen LogP contribution in [0.3, 0.4) is 0 Å². The van der Waals surface area contributed by atoms with Crippen molar-refractivity contribution in [2.24, 2.45) is 0 Å². The number of piperidine rings is 1. The SMILES string of the molecule is CC1CCNC2(CCN(C(=O)N(C)C)CC2)S1. The zero-order valence-corrected chi connectivity index (χ0v) is 11.8. The largest absolute Gasteiger partial charge is 0.331 e. The first-order valence-corrected chi connectivity index (χ1v) is 7.29. The summed E-state index contributed by atoms with van der Waals surface area (Å²) in [5.74, 6) is 0. The van der Waals surface area contributed by atoms with Crippen LogP contribution in [0.4, 0.5) is 4.79 Å². The highest BCUT2D eigenvalue weighted by molar-refractivity contribution is 8.01. The minimum absolute atomic E-state index is 0.147. The molecule has 2 saturated heterocycles. The monoisotopic (exact) mass is 257 g/mol. The van der Waals surface area contributed by atoms with Crippen LogP contribution in [-0.4, -0.2) is 59.7 Å². The smallest absolute Gasteiger partial charge is 0.319 e. The molecule has 0 bridgehead atoms. The number of thioether (sulfide) groups is 1. The first kappa shape index (κ1) is 13.0. The van der Waals surface area contributed by atoms with Crippen LogP contribution in [0.15, 0.2) is 0 Å². The van der Waals surface area contributed by atoms with Gasteiger partial charge >= 0.3 is 6.03 Å². The Hall–Kier alpha value is -0.420. The normalized spacial score (nSPS) is 28.2. The number of nitrogens with one attached hydrogen (secondary N) is 1. The Balaban J connectivity index is 1.91. The maximum Gasteiger partial charge on any atom is 0.319 e. The molecule has 98 valence electrons. The molecule has 1 spiro atoms. The second-order valence-corrected chi connectivity index (χ2v) is 7.12. The second kappa shape index (κ2) is 5.06. The molecule has 0 saturated carbocycles. The van der Waals surface area contributed by atoms with Crippen LogP contribution in [0.25, 0.3) is 0 Å². The van der Waals surface area contributed by atoms with Crippen LogP contribution < -0.4 is 5.32 Å². The summed E-state index contributed by atoms with van der Waals surface area (Å²) in [6, 6.07) is 0.147. The van der Waals surface area contributed by atoms with Crippen molar-refractivity contribution in [1.82, 2.24) is 15.1 Å². The maximum atomic E-state index is 11.9. The van der Waals surface area contributed by atoms with Crippen LogP contribution in [0, 0.1) is 0 Å². The third-order valence-electron chi connectivity index (χ3n) is 3.65. The molecule has 1 atom stereocenters. The number of nitrogens with zero attached hydrogens (tertiary/aromatic N) is 2. The number of hydrogen-bond donors (Lipinski definition) is 1. The van der Waals surface area contributed by atoms with Crippen LogP contribution in [0.5, 0.6) is 0 Å². The molecule has 2 rings (SSSR count). The van der Waals surface area contributed by atoms with Crippen LogP contribution in [0.2, 0.25) is 0 Å². The van der Waals surface area contributed by atoms with E-state index in [4.69, 9.17) is 0 Å². The number of hydrogen-bond acceptors (Lipinski definition) is 3. The topological polar surface area (TPSA) is 35.6 Å². The van der Waals surface area contributed by atoms with Crippen molar-refractivity contribution in [2.75, 3.05) is 33.7 Å². The lowest BCUT2D eigenvalue weighted by Crippen LogP contribution is -2.56. The first-order valence-electron chi connectivity index (χ1n) is 6.41. The van der Waals surface area contributed by atoms with E-state index in [2.05, 4.69) is 24.0 Å². The molecular weight excluding hydrogens is 234 g/mol. The van der Waals surface area contributed by atoms with Gasteiger partial charge in [-0.3, -0.25) is 0 Å². The molecule has 2 aliphatic heterocycles. The Bertz CT molecular complexity index is 287. The van der Waals surface area contributed by atoms with Gasteiger partial charge < -0.3 is 15.1 Å². The highest BCUT2D eigenvalue weighted by atomic mass is 32.2. The summed E-state index contributed by atoms with van der Waals surface area (Å²) in [6.45, 7) is 5.19. The molecule has 17 heavy (non-hydrogen) atoms. The summed E-state index contributed by atoms with van der Waals surface area (Å²) in [5, 5.41) is 4.41. The van der Waals surface area contributed by atoms with E-state index in [-0.39, 0.29) is 10.9 Å². The molecule has 2 aliphatic rings. The summed E-state index contributed by atoms with van der Waals surface area (Å²) in [7, 11) is 3.64. The van der Waals surface area contributed by atoms with Crippen LogP contribution in [-0.2, 0) is 0 Å². The average Bonchev–Trinajstić information content (AvgIpc) is 2.29. The summed E-state index contributed by atoms with van der Waals surface area (Å²) in [6.07, 6.45) is 3.40. The van der Waals surface area contributed by atoms with E-state index >= 15 is 0 Å². The van der Waals surface area contributed by atoms with Gasteiger partial charge in [0, 0.05) is 32.4 Å². The van der Waals surface area contributed by atoms with Gasteiger partial charge in [0.2, 0.25) is 0 Å². The standard InChI is InChI=1S/C12H23N3OS/c1-10-4-7-13-12(17-10)5-8-15(9-6-12)11(16)14(2)3/h10,13H,4-9H2,1-3H3. The lowest BCUT2D eigenvalue weighted by Gasteiger charge is -2.46. The number of amides is 2. The van der Waals surface area contributed by atoms with Gasteiger partial charge in [0.1, 0.15) is 0 Å². The Morgan fingerprint density at radius 2 is 2.06 bits per heavy atom. The molecule has 1 unspecified atom stereocenters. The van der Waals surface area contributed by atoms with Crippen molar-refractivity contribution in [1.29, 1.82) is 0 Å². The highest BCUT2D eigenvalue weighted by Crippen LogP contribution is 2.40. The van der Waals surface area contributed by atoms with E-state index in [1.165, 1.54) is 6.42 Å². The Morgan fingerprint density at radius 3 is 2.59 bits per heavy atom. The predicted octanol–water partition coefficient (Wildman–Crippen LogP) is 1.58. The average molecular weight is 257 g/mol. The molecule has 2 amide bonds. The molecule has 1 N–H and O–H groups in total. The van der Waals surface area contributed by atoms with Crippen LogP contribution >= 0.6 is 11.8 Å². The Labute approximate surface area is 108 Å². The van der Waals surface area contributed by atoms with Gasteiger partial charge in [-0.15, -0.1) is 11.8 Å². The fraction of sp³-hybridized carbons (Fsp3) is 0.917. The molecule has 0 radical (unpaired) electrons. The molecule has 2 fully saturated rings. The summed E-state index contributed by atoms with van der Waals surface area (Å²) in [4.78, 5) is 15.7. The number of urea groups is 1. The van der Waals surface area contributed by atoms with E-state index in [1.807, 2.05) is 19.0 Å². The summed E-state index contributed by atoms with van der Waals surface area (Å²) in [5.41, 5.74) is 0. The third kappa shape index (κ3) is 2.88. The summed E-state index contributed by atoms with van der Waals surface area (Å²) >= 11 is 2.07. The number of carbonyl (C=O) groups is 1. The maximum absolute atomic E-state index is 11.9. The third-order valence-corrected chi connectivity index (χ3v) is 5.29. The second-order valence-electron chi connectivity index (χ2n) is 5.30. The quantitative estimate of drug-likeness (QED) is 0.715. The molecule has 4 nitrogen and oxygen atoms in total. The minimum atomic E-state index is 0.147. The Morgan fingerprint density at radius 1 is 1.41 bits per heavy atom. The van der Waals surface area contributed by atoms with E-state index < -0.39 is 0 Å². The molecule has 0 aromatic heterocycles.